The molecule has 0 saturated heterocycles. The third kappa shape index (κ3) is 5.35. The predicted octanol–water partition coefficient (Wildman–Crippen LogP) is 6.05. The van der Waals surface area contributed by atoms with Crippen LogP contribution in [0.25, 0.3) is 16.5 Å². The summed E-state index contributed by atoms with van der Waals surface area (Å²) in [5.41, 5.74) is 1.24. The third-order valence-electron chi connectivity index (χ3n) is 5.69. The molecular formula is C25H20BrClN4O4S. The Kier molecular flexibility index (Phi) is 7.17. The number of rotatable bonds is 9. The maximum Gasteiger partial charge on any atom is 0.335 e. The topological polar surface area (TPSA) is 106 Å². The van der Waals surface area contributed by atoms with E-state index in [0.717, 1.165) is 28.8 Å². The van der Waals surface area contributed by atoms with E-state index in [1.165, 1.54) is 42.8 Å². The Hall–Kier alpha value is -3.08. The number of aromatic nitrogens is 3. The summed E-state index contributed by atoms with van der Waals surface area (Å²) in [7, 11) is 0. The Morgan fingerprint density at radius 2 is 1.92 bits per heavy atom. The second kappa shape index (κ2) is 10.5. The maximum atomic E-state index is 12.6. The van der Waals surface area contributed by atoms with E-state index in [4.69, 9.17) is 21.4 Å². The van der Waals surface area contributed by atoms with Crippen molar-refractivity contribution in [3.05, 3.63) is 69.9 Å². The Morgan fingerprint density at radius 3 is 2.67 bits per heavy atom. The van der Waals surface area contributed by atoms with Crippen LogP contribution in [0, 0.1) is 5.92 Å². The number of carbonyl (C=O) groups excluding carboxylic acids is 1. The summed E-state index contributed by atoms with van der Waals surface area (Å²) in [4.78, 5) is 23.7. The van der Waals surface area contributed by atoms with Crippen LogP contribution in [0.5, 0.6) is 5.75 Å². The number of nitrogens with one attached hydrogen (secondary N) is 1. The van der Waals surface area contributed by atoms with E-state index in [1.54, 1.807) is 0 Å². The van der Waals surface area contributed by atoms with Gasteiger partial charge in [0.05, 0.1) is 34.3 Å². The number of carbonyl (C=O) groups is 2. The van der Waals surface area contributed by atoms with Crippen molar-refractivity contribution in [1.82, 2.24) is 14.8 Å². The molecule has 8 nitrogen and oxygen atoms in total. The fraction of sp³-hybridized carbons (Fsp3) is 0.200. The summed E-state index contributed by atoms with van der Waals surface area (Å²) in [6, 6.07) is 16.1. The van der Waals surface area contributed by atoms with Crippen molar-refractivity contribution in [3.8, 4) is 11.4 Å². The average Bonchev–Trinajstić information content (AvgIpc) is 3.63. The number of benzene rings is 3. The van der Waals surface area contributed by atoms with Crippen LogP contribution in [0.15, 0.2) is 64.5 Å². The molecule has 5 rings (SSSR count). The van der Waals surface area contributed by atoms with Gasteiger partial charge in [-0.3, -0.25) is 9.36 Å². The van der Waals surface area contributed by atoms with Gasteiger partial charge in [-0.2, -0.15) is 0 Å². The largest absolute Gasteiger partial charge is 0.493 e. The fourth-order valence-corrected chi connectivity index (χ4v) is 5.22. The number of anilines is 1. The van der Waals surface area contributed by atoms with Gasteiger partial charge in [0.15, 0.2) is 5.16 Å². The molecule has 0 unspecified atom stereocenters. The standard InChI is InChI=1S/C25H20BrClN4O4S/c26-24-29-30-25(36-13-22(32)28-19-10-9-15(23(33)34)11-18(19)27)31(24)20-5-1-4-17-16(20)3-2-6-21(17)35-12-14-7-8-14/h1-6,9-11,14H,7-8,12-13H2,(H,28,32)(H,33,34). The van der Waals surface area contributed by atoms with Gasteiger partial charge < -0.3 is 15.2 Å². The molecule has 1 heterocycles. The number of amides is 1. The molecule has 2 N–H and O–H groups in total. The number of carboxylic acid groups (broad SMARTS) is 1. The van der Waals surface area contributed by atoms with Gasteiger partial charge in [0.2, 0.25) is 10.6 Å². The minimum Gasteiger partial charge on any atom is -0.493 e. The average molecular weight is 588 g/mol. The van der Waals surface area contributed by atoms with Crippen LogP contribution in [-0.2, 0) is 4.79 Å². The number of ether oxygens (including phenoxy) is 1. The highest BCUT2D eigenvalue weighted by molar-refractivity contribution is 9.10. The third-order valence-corrected chi connectivity index (χ3v) is 7.44. The van der Waals surface area contributed by atoms with Crippen LogP contribution in [0.2, 0.25) is 5.02 Å². The Labute approximate surface area is 224 Å². The zero-order chi connectivity index (χ0) is 25.2. The summed E-state index contributed by atoms with van der Waals surface area (Å²) in [5, 5.41) is 22.8. The molecule has 0 atom stereocenters. The van der Waals surface area contributed by atoms with Crippen LogP contribution in [0.4, 0.5) is 5.69 Å². The summed E-state index contributed by atoms with van der Waals surface area (Å²) < 4.78 is 8.44. The SMILES string of the molecule is O=C(CSc1nnc(Br)n1-c1cccc2c(OCC3CC3)cccc12)Nc1ccc(C(=O)O)cc1Cl. The van der Waals surface area contributed by atoms with Crippen molar-refractivity contribution >= 4 is 67.6 Å². The van der Waals surface area contributed by atoms with Crippen LogP contribution < -0.4 is 10.1 Å². The first-order valence-corrected chi connectivity index (χ1v) is 13.3. The molecule has 1 fully saturated rings. The van der Waals surface area contributed by atoms with Gasteiger partial charge >= 0.3 is 5.97 Å². The lowest BCUT2D eigenvalue weighted by molar-refractivity contribution is -0.113. The van der Waals surface area contributed by atoms with Gasteiger partial charge in [-0.25, -0.2) is 4.79 Å². The van der Waals surface area contributed by atoms with E-state index >= 15 is 0 Å². The first kappa shape index (κ1) is 24.6. The van der Waals surface area contributed by atoms with Crippen LogP contribution in [0.1, 0.15) is 23.2 Å². The molecule has 36 heavy (non-hydrogen) atoms. The van der Waals surface area contributed by atoms with Gasteiger partial charge in [-0.15, -0.1) is 10.2 Å². The number of halogens is 2. The minimum atomic E-state index is -1.09. The molecule has 0 spiro atoms. The van der Waals surface area contributed by atoms with Gasteiger partial charge in [0.1, 0.15) is 5.75 Å². The smallest absolute Gasteiger partial charge is 0.335 e. The Bertz CT molecular complexity index is 1470. The molecule has 0 bridgehead atoms. The molecule has 11 heteroatoms. The van der Waals surface area contributed by atoms with Gasteiger partial charge in [0.25, 0.3) is 0 Å². The normalized spacial score (nSPS) is 13.1. The second-order valence-corrected chi connectivity index (χ2v) is 10.4. The zero-order valence-corrected chi connectivity index (χ0v) is 21.9. The molecular weight excluding hydrogens is 568 g/mol. The maximum absolute atomic E-state index is 12.6. The molecule has 1 amide bonds. The van der Waals surface area contributed by atoms with Crippen molar-refractivity contribution in [2.75, 3.05) is 17.7 Å². The molecule has 184 valence electrons. The molecule has 0 radical (unpaired) electrons. The number of fused-ring (bicyclic) bond motifs is 1. The second-order valence-electron chi connectivity index (χ2n) is 8.31. The fourth-order valence-electron chi connectivity index (χ4n) is 3.69. The van der Waals surface area contributed by atoms with E-state index < -0.39 is 5.97 Å². The highest BCUT2D eigenvalue weighted by atomic mass is 79.9. The molecule has 3 aromatic carbocycles. The van der Waals surface area contributed by atoms with E-state index in [2.05, 4.69) is 31.4 Å². The number of aromatic carboxylic acids is 1. The summed E-state index contributed by atoms with van der Waals surface area (Å²) in [5.74, 6) is 0.122. The molecule has 1 aliphatic rings. The van der Waals surface area contributed by atoms with Crippen molar-refractivity contribution in [2.45, 2.75) is 18.0 Å². The molecule has 1 saturated carbocycles. The van der Waals surface area contributed by atoms with E-state index in [-0.39, 0.29) is 22.2 Å². The summed E-state index contributed by atoms with van der Waals surface area (Å²) in [6.07, 6.45) is 2.44. The highest BCUT2D eigenvalue weighted by Gasteiger charge is 2.23. The van der Waals surface area contributed by atoms with Crippen molar-refractivity contribution in [1.29, 1.82) is 0 Å². The first-order valence-electron chi connectivity index (χ1n) is 11.1. The Balaban J connectivity index is 1.35. The zero-order valence-electron chi connectivity index (χ0n) is 18.8. The Morgan fingerprint density at radius 1 is 1.14 bits per heavy atom. The van der Waals surface area contributed by atoms with E-state index in [1.807, 2.05) is 41.0 Å². The number of nitrogens with zero attached hydrogens (tertiary/aromatic N) is 3. The lowest BCUT2D eigenvalue weighted by atomic mass is 10.1. The first-order chi connectivity index (χ1) is 17.4. The van der Waals surface area contributed by atoms with Gasteiger partial charge in [0, 0.05) is 10.8 Å². The van der Waals surface area contributed by atoms with Gasteiger partial charge in [-0.1, -0.05) is 47.6 Å². The molecule has 4 aromatic rings. The summed E-state index contributed by atoms with van der Waals surface area (Å²) in [6.45, 7) is 0.721. The van der Waals surface area contributed by atoms with Crippen LogP contribution in [0.3, 0.4) is 0 Å². The summed E-state index contributed by atoms with van der Waals surface area (Å²) >= 11 is 10.8. The molecule has 0 aliphatic heterocycles. The quantitative estimate of drug-likeness (QED) is 0.230. The predicted molar refractivity (Wildman–Crippen MR) is 143 cm³/mol. The van der Waals surface area contributed by atoms with E-state index in [0.29, 0.717) is 21.5 Å². The minimum absolute atomic E-state index is 0.0431. The van der Waals surface area contributed by atoms with Crippen LogP contribution in [-0.4, -0.2) is 44.1 Å². The highest BCUT2D eigenvalue weighted by Crippen LogP contribution is 2.35. The lowest BCUT2D eigenvalue weighted by Crippen LogP contribution is -2.15. The number of hydrogen-bond donors (Lipinski definition) is 2. The van der Waals surface area contributed by atoms with Crippen LogP contribution >= 0.6 is 39.3 Å². The van der Waals surface area contributed by atoms with Crippen molar-refractivity contribution in [2.24, 2.45) is 5.92 Å². The van der Waals surface area contributed by atoms with Gasteiger partial charge in [-0.05, 0) is 65.0 Å². The van der Waals surface area contributed by atoms with E-state index in [9.17, 15) is 9.59 Å². The number of thioether (sulfide) groups is 1. The monoisotopic (exact) mass is 586 g/mol. The lowest BCUT2D eigenvalue weighted by Gasteiger charge is -2.14. The number of hydrogen-bond acceptors (Lipinski definition) is 6. The molecule has 1 aromatic heterocycles. The van der Waals surface area contributed by atoms with Crippen molar-refractivity contribution < 1.29 is 19.4 Å². The molecule has 1 aliphatic carbocycles. The number of carboxylic acids is 1. The van der Waals surface area contributed by atoms with Crippen molar-refractivity contribution in [3.63, 3.8) is 0 Å².